The first kappa shape index (κ1) is 13.8. The van der Waals surface area contributed by atoms with Crippen LogP contribution in [0.2, 0.25) is 0 Å². The van der Waals surface area contributed by atoms with E-state index >= 15 is 0 Å². The fourth-order valence-electron chi connectivity index (χ4n) is 6.10. The first-order valence-electron chi connectivity index (χ1n) is 8.86. The normalized spacial score (nSPS) is 38.8. The Balaban J connectivity index is 1.66. The summed E-state index contributed by atoms with van der Waals surface area (Å²) in [6.45, 7) is 6.68. The van der Waals surface area contributed by atoms with Gasteiger partial charge in [0, 0.05) is 6.04 Å². The summed E-state index contributed by atoms with van der Waals surface area (Å²) < 4.78 is 0. The second-order valence-electron chi connectivity index (χ2n) is 8.33. The summed E-state index contributed by atoms with van der Waals surface area (Å²) in [5.41, 5.74) is 12.5. The van der Waals surface area contributed by atoms with Gasteiger partial charge in [0.1, 0.15) is 0 Å². The van der Waals surface area contributed by atoms with Crippen LogP contribution in [0.15, 0.2) is 12.1 Å². The SMILES string of the molecule is Cc1cc(C)c(C(N)C2C3CC4CC(C3)CC2C4)cc1C. The van der Waals surface area contributed by atoms with Crippen molar-refractivity contribution in [2.24, 2.45) is 35.3 Å². The second kappa shape index (κ2) is 4.84. The molecule has 0 radical (unpaired) electrons. The van der Waals surface area contributed by atoms with E-state index < -0.39 is 0 Å². The van der Waals surface area contributed by atoms with E-state index in [0.29, 0.717) is 0 Å². The van der Waals surface area contributed by atoms with Crippen molar-refractivity contribution in [3.63, 3.8) is 0 Å². The molecule has 0 aliphatic heterocycles. The number of aryl methyl sites for hydroxylation is 3. The van der Waals surface area contributed by atoms with Gasteiger partial charge < -0.3 is 5.73 Å². The zero-order valence-electron chi connectivity index (χ0n) is 13.7. The molecule has 2 N–H and O–H groups in total. The van der Waals surface area contributed by atoms with E-state index in [-0.39, 0.29) is 6.04 Å². The van der Waals surface area contributed by atoms with E-state index in [1.807, 2.05) is 0 Å². The summed E-state index contributed by atoms with van der Waals surface area (Å²) >= 11 is 0. The Bertz CT molecular complexity index is 531. The predicted octanol–water partition coefficient (Wildman–Crippen LogP) is 4.68. The lowest BCUT2D eigenvalue weighted by Crippen LogP contribution is -2.48. The molecule has 4 fully saturated rings. The Labute approximate surface area is 129 Å². The first-order chi connectivity index (χ1) is 10.0. The zero-order valence-corrected chi connectivity index (χ0v) is 13.7. The monoisotopic (exact) mass is 283 g/mol. The second-order valence-corrected chi connectivity index (χ2v) is 8.33. The molecule has 0 saturated heterocycles. The lowest BCUT2D eigenvalue weighted by atomic mass is 9.50. The first-order valence-corrected chi connectivity index (χ1v) is 8.86. The number of nitrogens with two attached hydrogens (primary N) is 1. The number of rotatable bonds is 2. The smallest absolute Gasteiger partial charge is 0.0331 e. The highest BCUT2D eigenvalue weighted by molar-refractivity contribution is 5.38. The van der Waals surface area contributed by atoms with Crippen LogP contribution >= 0.6 is 0 Å². The maximum atomic E-state index is 6.84. The summed E-state index contributed by atoms with van der Waals surface area (Å²) in [6, 6.07) is 4.97. The van der Waals surface area contributed by atoms with Crippen molar-refractivity contribution >= 4 is 0 Å². The summed E-state index contributed by atoms with van der Waals surface area (Å²) in [4.78, 5) is 0. The van der Waals surface area contributed by atoms with Gasteiger partial charge in [-0.25, -0.2) is 0 Å². The van der Waals surface area contributed by atoms with Crippen LogP contribution in [0.4, 0.5) is 0 Å². The van der Waals surface area contributed by atoms with E-state index in [4.69, 9.17) is 5.73 Å². The minimum absolute atomic E-state index is 0.263. The molecule has 0 heterocycles. The lowest BCUT2D eigenvalue weighted by Gasteiger charge is -2.56. The van der Waals surface area contributed by atoms with Gasteiger partial charge in [0.15, 0.2) is 0 Å². The molecule has 0 spiro atoms. The van der Waals surface area contributed by atoms with Crippen molar-refractivity contribution < 1.29 is 0 Å². The number of benzene rings is 1. The van der Waals surface area contributed by atoms with Gasteiger partial charge in [0.2, 0.25) is 0 Å². The molecule has 0 aromatic heterocycles. The molecule has 4 bridgehead atoms. The van der Waals surface area contributed by atoms with Gasteiger partial charge in [-0.05, 0) is 105 Å². The third-order valence-electron chi connectivity index (χ3n) is 6.96. The van der Waals surface area contributed by atoms with Gasteiger partial charge in [-0.3, -0.25) is 0 Å². The molecule has 4 saturated carbocycles. The third kappa shape index (κ3) is 2.16. The van der Waals surface area contributed by atoms with E-state index in [0.717, 1.165) is 29.6 Å². The standard InChI is InChI=1S/C20H29N/c1-11-4-13(3)18(5-12(11)2)20(21)19-16-7-14-6-15(9-16)10-17(19)8-14/h4-5,14-17,19-20H,6-10,21H2,1-3H3. The molecular weight excluding hydrogens is 254 g/mol. The molecule has 1 unspecified atom stereocenters. The van der Waals surface area contributed by atoms with Crippen LogP contribution in [0.5, 0.6) is 0 Å². The number of hydrogen-bond acceptors (Lipinski definition) is 1. The highest BCUT2D eigenvalue weighted by atomic mass is 14.7. The van der Waals surface area contributed by atoms with Crippen LogP contribution in [0.25, 0.3) is 0 Å². The summed E-state index contributed by atoms with van der Waals surface area (Å²) in [5, 5.41) is 0. The van der Waals surface area contributed by atoms with Crippen molar-refractivity contribution in [3.8, 4) is 0 Å². The van der Waals surface area contributed by atoms with Gasteiger partial charge in [-0.2, -0.15) is 0 Å². The minimum atomic E-state index is 0.263. The molecular formula is C20H29N. The highest BCUT2D eigenvalue weighted by Gasteiger charge is 2.50. The van der Waals surface area contributed by atoms with Crippen molar-refractivity contribution in [2.45, 2.75) is 58.9 Å². The van der Waals surface area contributed by atoms with Crippen LogP contribution in [-0.4, -0.2) is 0 Å². The molecule has 4 aliphatic rings. The quantitative estimate of drug-likeness (QED) is 0.837. The Kier molecular flexibility index (Phi) is 3.19. The van der Waals surface area contributed by atoms with Crippen LogP contribution < -0.4 is 5.73 Å². The largest absolute Gasteiger partial charge is 0.324 e. The average Bonchev–Trinajstić information content (AvgIpc) is 2.41. The molecule has 1 nitrogen and oxygen atoms in total. The third-order valence-corrected chi connectivity index (χ3v) is 6.96. The fraction of sp³-hybridized carbons (Fsp3) is 0.700. The molecule has 0 amide bonds. The van der Waals surface area contributed by atoms with Gasteiger partial charge >= 0.3 is 0 Å². The summed E-state index contributed by atoms with van der Waals surface area (Å²) in [5.74, 6) is 4.65. The molecule has 114 valence electrons. The number of hydrogen-bond donors (Lipinski definition) is 1. The Morgan fingerprint density at radius 2 is 1.33 bits per heavy atom. The molecule has 1 atom stereocenters. The Morgan fingerprint density at radius 1 is 0.810 bits per heavy atom. The highest BCUT2D eigenvalue weighted by Crippen LogP contribution is 2.59. The fourth-order valence-corrected chi connectivity index (χ4v) is 6.10. The molecule has 1 aromatic carbocycles. The maximum absolute atomic E-state index is 6.84. The van der Waals surface area contributed by atoms with Crippen molar-refractivity contribution in [1.29, 1.82) is 0 Å². The van der Waals surface area contributed by atoms with Crippen LogP contribution in [0.3, 0.4) is 0 Å². The molecule has 21 heavy (non-hydrogen) atoms. The Hall–Kier alpha value is -0.820. The van der Waals surface area contributed by atoms with Crippen LogP contribution in [0, 0.1) is 50.4 Å². The zero-order chi connectivity index (χ0) is 14.7. The average molecular weight is 283 g/mol. The molecule has 4 aliphatic carbocycles. The lowest BCUT2D eigenvalue weighted by molar-refractivity contribution is -0.0472. The Morgan fingerprint density at radius 3 is 1.90 bits per heavy atom. The summed E-state index contributed by atoms with van der Waals surface area (Å²) in [7, 11) is 0. The van der Waals surface area contributed by atoms with Crippen molar-refractivity contribution in [3.05, 3.63) is 34.4 Å². The molecule has 1 heteroatoms. The maximum Gasteiger partial charge on any atom is 0.0331 e. The van der Waals surface area contributed by atoms with Crippen LogP contribution in [-0.2, 0) is 0 Å². The van der Waals surface area contributed by atoms with Gasteiger partial charge in [0.25, 0.3) is 0 Å². The van der Waals surface area contributed by atoms with E-state index in [2.05, 4.69) is 32.9 Å². The van der Waals surface area contributed by atoms with Crippen molar-refractivity contribution in [1.82, 2.24) is 0 Å². The van der Waals surface area contributed by atoms with E-state index in [9.17, 15) is 0 Å². The molecule has 1 aromatic rings. The topological polar surface area (TPSA) is 26.0 Å². The van der Waals surface area contributed by atoms with Gasteiger partial charge in [-0.15, -0.1) is 0 Å². The van der Waals surface area contributed by atoms with Crippen LogP contribution in [0.1, 0.15) is 60.4 Å². The minimum Gasteiger partial charge on any atom is -0.324 e. The van der Waals surface area contributed by atoms with E-state index in [1.165, 1.54) is 54.4 Å². The van der Waals surface area contributed by atoms with E-state index in [1.54, 1.807) is 0 Å². The van der Waals surface area contributed by atoms with Gasteiger partial charge in [-0.1, -0.05) is 12.1 Å². The molecule has 5 rings (SSSR count). The predicted molar refractivity (Wildman–Crippen MR) is 88.1 cm³/mol. The summed E-state index contributed by atoms with van der Waals surface area (Å²) in [6.07, 6.45) is 7.40. The van der Waals surface area contributed by atoms with Crippen molar-refractivity contribution in [2.75, 3.05) is 0 Å². The van der Waals surface area contributed by atoms with Gasteiger partial charge in [0.05, 0.1) is 0 Å².